The fourth-order valence-electron chi connectivity index (χ4n) is 1.20. The molecular formula is C11H7BrClN3O. The molecular weight excluding hydrogens is 305 g/mol. The van der Waals surface area contributed by atoms with Crippen LogP contribution in [-0.4, -0.2) is 15.9 Å². The zero-order chi connectivity index (χ0) is 12.3. The maximum atomic E-state index is 11.9. The largest absolute Gasteiger partial charge is 0.306 e. The highest BCUT2D eigenvalue weighted by Gasteiger charge is 2.12. The monoisotopic (exact) mass is 311 g/mol. The Kier molecular flexibility index (Phi) is 3.71. The van der Waals surface area contributed by atoms with Gasteiger partial charge in [-0.1, -0.05) is 11.6 Å². The topological polar surface area (TPSA) is 54.9 Å². The van der Waals surface area contributed by atoms with Crippen molar-refractivity contribution in [3.63, 3.8) is 0 Å². The molecule has 0 saturated carbocycles. The third-order valence-corrected chi connectivity index (χ3v) is 2.97. The fraction of sp³-hybridized carbons (Fsp3) is 0. The number of carbonyl (C=O) groups is 1. The molecule has 2 aromatic rings. The van der Waals surface area contributed by atoms with Gasteiger partial charge in [-0.3, -0.25) is 9.78 Å². The number of aromatic nitrogens is 2. The summed E-state index contributed by atoms with van der Waals surface area (Å²) in [5, 5.41) is 3.00. The van der Waals surface area contributed by atoms with Crippen LogP contribution in [0.15, 0.2) is 41.3 Å². The van der Waals surface area contributed by atoms with Gasteiger partial charge in [0.1, 0.15) is 5.82 Å². The van der Waals surface area contributed by atoms with Crippen molar-refractivity contribution in [3.05, 3.63) is 51.8 Å². The summed E-state index contributed by atoms with van der Waals surface area (Å²) in [4.78, 5) is 19.8. The van der Waals surface area contributed by atoms with Crippen LogP contribution in [0, 0.1) is 0 Å². The zero-order valence-corrected chi connectivity index (χ0v) is 10.9. The van der Waals surface area contributed by atoms with Crippen LogP contribution in [0.3, 0.4) is 0 Å². The second-order valence-electron chi connectivity index (χ2n) is 3.14. The first-order valence-corrected chi connectivity index (χ1v) is 5.87. The van der Waals surface area contributed by atoms with Crippen LogP contribution >= 0.6 is 27.5 Å². The van der Waals surface area contributed by atoms with Crippen LogP contribution < -0.4 is 5.32 Å². The Morgan fingerprint density at radius 3 is 2.88 bits per heavy atom. The van der Waals surface area contributed by atoms with Gasteiger partial charge in [0.05, 0.1) is 15.1 Å². The molecule has 6 heteroatoms. The number of pyridine rings is 2. The molecule has 86 valence electrons. The molecule has 0 aliphatic rings. The molecule has 0 fully saturated rings. The van der Waals surface area contributed by atoms with Gasteiger partial charge in [-0.25, -0.2) is 4.98 Å². The Morgan fingerprint density at radius 2 is 2.18 bits per heavy atom. The number of carbonyl (C=O) groups excluding carboxylic acids is 1. The molecule has 0 saturated heterocycles. The summed E-state index contributed by atoms with van der Waals surface area (Å²) in [6.07, 6.45) is 4.52. The van der Waals surface area contributed by atoms with Gasteiger partial charge in [0, 0.05) is 18.6 Å². The molecule has 2 aromatic heterocycles. The van der Waals surface area contributed by atoms with E-state index < -0.39 is 0 Å². The quantitative estimate of drug-likeness (QED) is 0.927. The molecule has 1 N–H and O–H groups in total. The lowest BCUT2D eigenvalue weighted by Crippen LogP contribution is -2.14. The highest BCUT2D eigenvalue weighted by atomic mass is 79.9. The predicted octanol–water partition coefficient (Wildman–Crippen LogP) is 3.14. The molecule has 0 unspecified atom stereocenters. The summed E-state index contributed by atoms with van der Waals surface area (Å²) < 4.78 is 0.702. The van der Waals surface area contributed by atoms with Crippen LogP contribution in [0.4, 0.5) is 5.82 Å². The first-order valence-electron chi connectivity index (χ1n) is 4.70. The Bertz CT molecular complexity index is 562. The van der Waals surface area contributed by atoms with Gasteiger partial charge in [0.25, 0.3) is 5.91 Å². The van der Waals surface area contributed by atoms with Crippen molar-refractivity contribution in [3.8, 4) is 0 Å². The lowest BCUT2D eigenvalue weighted by atomic mass is 10.2. The second kappa shape index (κ2) is 5.25. The molecule has 0 bridgehead atoms. The van der Waals surface area contributed by atoms with Crippen LogP contribution in [0.25, 0.3) is 0 Å². The summed E-state index contributed by atoms with van der Waals surface area (Å²) in [5.41, 5.74) is 0.312. The smallest absolute Gasteiger partial charge is 0.259 e. The second-order valence-corrected chi connectivity index (χ2v) is 4.41. The van der Waals surface area contributed by atoms with E-state index in [9.17, 15) is 4.79 Å². The molecule has 0 radical (unpaired) electrons. The predicted molar refractivity (Wildman–Crippen MR) is 69.1 cm³/mol. The van der Waals surface area contributed by atoms with E-state index in [1.54, 1.807) is 24.4 Å². The summed E-state index contributed by atoms with van der Waals surface area (Å²) >= 11 is 9.18. The van der Waals surface area contributed by atoms with E-state index in [1.807, 2.05) is 0 Å². The first-order chi connectivity index (χ1) is 8.18. The number of anilines is 1. The van der Waals surface area contributed by atoms with Crippen LogP contribution in [-0.2, 0) is 0 Å². The Labute approximate surface area is 111 Å². The number of rotatable bonds is 2. The van der Waals surface area contributed by atoms with E-state index in [0.717, 1.165) is 0 Å². The normalized spacial score (nSPS) is 10.0. The van der Waals surface area contributed by atoms with E-state index in [4.69, 9.17) is 11.6 Å². The molecule has 0 aliphatic carbocycles. The number of nitrogens with zero attached hydrogens (tertiary/aromatic N) is 2. The number of halogens is 2. The van der Waals surface area contributed by atoms with Crippen molar-refractivity contribution in [2.45, 2.75) is 0 Å². The van der Waals surface area contributed by atoms with E-state index in [2.05, 4.69) is 31.2 Å². The van der Waals surface area contributed by atoms with Gasteiger partial charge in [-0.15, -0.1) is 0 Å². The molecule has 0 atom stereocenters. The maximum absolute atomic E-state index is 11.9. The molecule has 1 amide bonds. The lowest BCUT2D eigenvalue weighted by molar-refractivity contribution is 0.102. The van der Waals surface area contributed by atoms with E-state index >= 15 is 0 Å². The van der Waals surface area contributed by atoms with Gasteiger partial charge in [-0.05, 0) is 34.1 Å². The highest BCUT2D eigenvalue weighted by Crippen LogP contribution is 2.20. The van der Waals surface area contributed by atoms with Gasteiger partial charge in [0.15, 0.2) is 0 Å². The van der Waals surface area contributed by atoms with Crippen LogP contribution in [0.5, 0.6) is 0 Å². The third kappa shape index (κ3) is 2.81. The van der Waals surface area contributed by atoms with Gasteiger partial charge in [-0.2, -0.15) is 0 Å². The van der Waals surface area contributed by atoms with Gasteiger partial charge >= 0.3 is 0 Å². The van der Waals surface area contributed by atoms with Crippen LogP contribution in [0.2, 0.25) is 5.02 Å². The van der Waals surface area contributed by atoms with Crippen molar-refractivity contribution in [2.75, 3.05) is 5.32 Å². The molecule has 2 rings (SSSR count). The fourth-order valence-corrected chi connectivity index (χ4v) is 1.74. The summed E-state index contributed by atoms with van der Waals surface area (Å²) in [5.74, 6) is 0.0971. The minimum Gasteiger partial charge on any atom is -0.306 e. The van der Waals surface area contributed by atoms with Crippen molar-refractivity contribution in [2.24, 2.45) is 0 Å². The molecule has 0 spiro atoms. The minimum absolute atomic E-state index is 0.312. The standard InChI is InChI=1S/C11H7BrClN3O/c12-8-2-1-4-15-10(8)16-11(17)7-6-14-5-3-9(7)13/h1-6H,(H,15,16,17). The molecule has 17 heavy (non-hydrogen) atoms. The van der Waals surface area contributed by atoms with Gasteiger partial charge < -0.3 is 5.32 Å². The van der Waals surface area contributed by atoms with Crippen molar-refractivity contribution < 1.29 is 4.79 Å². The van der Waals surface area contributed by atoms with E-state index in [1.165, 1.54) is 12.4 Å². The average molecular weight is 313 g/mol. The zero-order valence-electron chi connectivity index (χ0n) is 8.52. The molecule has 2 heterocycles. The van der Waals surface area contributed by atoms with E-state index in [0.29, 0.717) is 20.9 Å². The SMILES string of the molecule is O=C(Nc1ncccc1Br)c1cnccc1Cl. The third-order valence-electron chi connectivity index (χ3n) is 2.00. The average Bonchev–Trinajstić information content (AvgIpc) is 2.32. The number of hydrogen-bond donors (Lipinski definition) is 1. The molecule has 0 aliphatic heterocycles. The first kappa shape index (κ1) is 12.0. The number of amides is 1. The van der Waals surface area contributed by atoms with Gasteiger partial charge in [0.2, 0.25) is 0 Å². The number of hydrogen-bond acceptors (Lipinski definition) is 3. The van der Waals surface area contributed by atoms with Crippen molar-refractivity contribution in [1.29, 1.82) is 0 Å². The van der Waals surface area contributed by atoms with E-state index in [-0.39, 0.29) is 5.91 Å². The summed E-state index contributed by atoms with van der Waals surface area (Å²) in [6, 6.07) is 5.11. The van der Waals surface area contributed by atoms with Crippen LogP contribution in [0.1, 0.15) is 10.4 Å². The Morgan fingerprint density at radius 1 is 1.35 bits per heavy atom. The maximum Gasteiger partial charge on any atom is 0.259 e. The number of nitrogens with one attached hydrogen (secondary N) is 1. The molecule has 4 nitrogen and oxygen atoms in total. The molecule has 0 aromatic carbocycles. The summed E-state index contributed by atoms with van der Waals surface area (Å²) in [7, 11) is 0. The summed E-state index contributed by atoms with van der Waals surface area (Å²) in [6.45, 7) is 0. The minimum atomic E-state index is -0.345. The van der Waals surface area contributed by atoms with Crippen molar-refractivity contribution >= 4 is 39.3 Å². The Balaban J connectivity index is 2.24. The lowest BCUT2D eigenvalue weighted by Gasteiger charge is -2.06. The Hall–Kier alpha value is -1.46. The van der Waals surface area contributed by atoms with Crippen molar-refractivity contribution in [1.82, 2.24) is 9.97 Å². The highest BCUT2D eigenvalue weighted by molar-refractivity contribution is 9.10.